The molecule has 1 aromatic carbocycles. The number of carbonyl (C=O) groups is 1. The molecule has 0 bridgehead atoms. The SMILES string of the molecule is Cc1ccc(CNC(=O)c2nnc(CN3CCCC(C)C3)s2)cc1. The molecular weight excluding hydrogens is 320 g/mol. The fraction of sp³-hybridized carbons (Fsp3) is 0.500. The van der Waals surface area contributed by atoms with E-state index in [0.717, 1.165) is 36.1 Å². The molecule has 24 heavy (non-hydrogen) atoms. The summed E-state index contributed by atoms with van der Waals surface area (Å²) in [7, 11) is 0. The van der Waals surface area contributed by atoms with E-state index in [1.54, 1.807) is 0 Å². The minimum atomic E-state index is -0.147. The van der Waals surface area contributed by atoms with Crippen LogP contribution in [0.4, 0.5) is 0 Å². The summed E-state index contributed by atoms with van der Waals surface area (Å²) in [5.41, 5.74) is 2.30. The summed E-state index contributed by atoms with van der Waals surface area (Å²) >= 11 is 1.40. The minimum Gasteiger partial charge on any atom is -0.346 e. The van der Waals surface area contributed by atoms with Crippen molar-refractivity contribution in [2.24, 2.45) is 5.92 Å². The van der Waals surface area contributed by atoms with Crippen molar-refractivity contribution in [1.82, 2.24) is 20.4 Å². The van der Waals surface area contributed by atoms with Crippen molar-refractivity contribution in [3.63, 3.8) is 0 Å². The Hall–Kier alpha value is -1.79. The smallest absolute Gasteiger partial charge is 0.282 e. The number of nitrogens with zero attached hydrogens (tertiary/aromatic N) is 3. The van der Waals surface area contributed by atoms with Crippen LogP contribution < -0.4 is 5.32 Å². The first-order valence-corrected chi connectivity index (χ1v) is 9.30. The van der Waals surface area contributed by atoms with Gasteiger partial charge in [-0.1, -0.05) is 48.1 Å². The molecule has 1 unspecified atom stereocenters. The Kier molecular flexibility index (Phi) is 5.58. The molecule has 1 amide bonds. The fourth-order valence-corrected chi connectivity index (χ4v) is 3.79. The van der Waals surface area contributed by atoms with Crippen LogP contribution in [0.15, 0.2) is 24.3 Å². The monoisotopic (exact) mass is 344 g/mol. The maximum Gasteiger partial charge on any atom is 0.282 e. The quantitative estimate of drug-likeness (QED) is 0.906. The number of benzene rings is 1. The highest BCUT2D eigenvalue weighted by Crippen LogP contribution is 2.19. The lowest BCUT2D eigenvalue weighted by molar-refractivity contribution is 0.0950. The van der Waals surface area contributed by atoms with Crippen LogP contribution in [0, 0.1) is 12.8 Å². The molecule has 1 aliphatic heterocycles. The number of piperidine rings is 1. The van der Waals surface area contributed by atoms with E-state index in [0.29, 0.717) is 11.6 Å². The van der Waals surface area contributed by atoms with Crippen LogP contribution in [-0.2, 0) is 13.1 Å². The second-order valence-corrected chi connectivity index (χ2v) is 7.71. The molecule has 1 N–H and O–H groups in total. The second kappa shape index (κ2) is 7.85. The number of hydrogen-bond acceptors (Lipinski definition) is 5. The average Bonchev–Trinajstić information content (AvgIpc) is 3.03. The maximum atomic E-state index is 12.2. The van der Waals surface area contributed by atoms with Crippen LogP contribution in [-0.4, -0.2) is 34.1 Å². The van der Waals surface area contributed by atoms with E-state index in [2.05, 4.69) is 27.3 Å². The molecule has 0 saturated carbocycles. The number of rotatable bonds is 5. The van der Waals surface area contributed by atoms with Crippen LogP contribution in [0.2, 0.25) is 0 Å². The Morgan fingerprint density at radius 1 is 1.33 bits per heavy atom. The van der Waals surface area contributed by atoms with Gasteiger partial charge in [0.25, 0.3) is 5.91 Å². The van der Waals surface area contributed by atoms with Gasteiger partial charge in [0.1, 0.15) is 5.01 Å². The highest BCUT2D eigenvalue weighted by molar-refractivity contribution is 7.13. The van der Waals surface area contributed by atoms with E-state index in [1.807, 2.05) is 31.2 Å². The second-order valence-electron chi connectivity index (χ2n) is 6.65. The average molecular weight is 344 g/mol. The first-order valence-electron chi connectivity index (χ1n) is 8.48. The van der Waals surface area contributed by atoms with Crippen molar-refractivity contribution in [2.75, 3.05) is 13.1 Å². The van der Waals surface area contributed by atoms with Gasteiger partial charge in [0.15, 0.2) is 0 Å². The van der Waals surface area contributed by atoms with Crippen molar-refractivity contribution in [1.29, 1.82) is 0 Å². The Morgan fingerprint density at radius 2 is 2.12 bits per heavy atom. The molecule has 2 aromatic rings. The molecular formula is C18H24N4OS. The molecule has 2 heterocycles. The van der Waals surface area contributed by atoms with E-state index in [1.165, 1.54) is 29.7 Å². The lowest BCUT2D eigenvalue weighted by Gasteiger charge is -2.29. The third kappa shape index (κ3) is 4.61. The minimum absolute atomic E-state index is 0.147. The van der Waals surface area contributed by atoms with Crippen LogP contribution in [0.3, 0.4) is 0 Å². The largest absolute Gasteiger partial charge is 0.346 e. The zero-order valence-corrected chi connectivity index (χ0v) is 15.1. The summed E-state index contributed by atoms with van der Waals surface area (Å²) in [6.07, 6.45) is 2.54. The standard InChI is InChI=1S/C18H24N4OS/c1-13-5-7-15(8-6-13)10-19-17(23)18-21-20-16(24-18)12-22-9-3-4-14(2)11-22/h5-8,14H,3-4,9-12H2,1-2H3,(H,19,23). The van der Waals surface area contributed by atoms with Gasteiger partial charge >= 0.3 is 0 Å². The summed E-state index contributed by atoms with van der Waals surface area (Å²) in [6, 6.07) is 8.14. The lowest BCUT2D eigenvalue weighted by Crippen LogP contribution is -2.33. The summed E-state index contributed by atoms with van der Waals surface area (Å²) in [5, 5.41) is 12.5. The lowest BCUT2D eigenvalue weighted by atomic mass is 10.0. The number of amides is 1. The molecule has 1 aliphatic rings. The van der Waals surface area contributed by atoms with Gasteiger partial charge in [-0.15, -0.1) is 10.2 Å². The van der Waals surface area contributed by atoms with Gasteiger partial charge < -0.3 is 5.32 Å². The van der Waals surface area contributed by atoms with Gasteiger partial charge in [-0.3, -0.25) is 9.69 Å². The summed E-state index contributed by atoms with van der Waals surface area (Å²) in [6.45, 7) is 7.86. The predicted octanol–water partition coefficient (Wildman–Crippen LogP) is 3.01. The van der Waals surface area contributed by atoms with Crippen molar-refractivity contribution in [3.05, 3.63) is 45.4 Å². The third-order valence-electron chi connectivity index (χ3n) is 4.33. The zero-order valence-electron chi connectivity index (χ0n) is 14.3. The number of nitrogens with one attached hydrogen (secondary N) is 1. The van der Waals surface area contributed by atoms with E-state index in [9.17, 15) is 4.79 Å². The number of likely N-dealkylation sites (tertiary alicyclic amines) is 1. The van der Waals surface area contributed by atoms with Crippen LogP contribution in [0.25, 0.3) is 0 Å². The van der Waals surface area contributed by atoms with Gasteiger partial charge in [-0.25, -0.2) is 0 Å². The molecule has 1 atom stereocenters. The number of aromatic nitrogens is 2. The Labute approximate surface area is 147 Å². The Bertz CT molecular complexity index is 683. The van der Waals surface area contributed by atoms with Gasteiger partial charge in [-0.2, -0.15) is 0 Å². The van der Waals surface area contributed by atoms with Gasteiger partial charge in [0.05, 0.1) is 6.54 Å². The molecule has 0 radical (unpaired) electrons. The van der Waals surface area contributed by atoms with Gasteiger partial charge in [0.2, 0.25) is 5.01 Å². The topological polar surface area (TPSA) is 58.1 Å². The molecule has 5 nitrogen and oxygen atoms in total. The van der Waals surface area contributed by atoms with Crippen molar-refractivity contribution in [3.8, 4) is 0 Å². The van der Waals surface area contributed by atoms with E-state index in [-0.39, 0.29) is 5.91 Å². The Morgan fingerprint density at radius 3 is 2.88 bits per heavy atom. The number of hydrogen-bond donors (Lipinski definition) is 1. The third-order valence-corrected chi connectivity index (χ3v) is 5.24. The number of aryl methyl sites for hydroxylation is 1. The molecule has 0 aliphatic carbocycles. The normalized spacial score (nSPS) is 18.5. The van der Waals surface area contributed by atoms with Crippen LogP contribution in [0.1, 0.15) is 45.7 Å². The van der Waals surface area contributed by atoms with Crippen molar-refractivity contribution >= 4 is 17.2 Å². The fourth-order valence-electron chi connectivity index (χ4n) is 2.99. The molecule has 3 rings (SSSR count). The zero-order chi connectivity index (χ0) is 16.9. The molecule has 1 fully saturated rings. The molecule has 1 saturated heterocycles. The highest BCUT2D eigenvalue weighted by Gasteiger charge is 2.19. The predicted molar refractivity (Wildman–Crippen MR) is 95.9 cm³/mol. The molecule has 6 heteroatoms. The Balaban J connectivity index is 1.52. The van der Waals surface area contributed by atoms with Crippen molar-refractivity contribution in [2.45, 2.75) is 39.8 Å². The summed E-state index contributed by atoms with van der Waals surface area (Å²) < 4.78 is 0. The first kappa shape index (κ1) is 17.0. The summed E-state index contributed by atoms with van der Waals surface area (Å²) in [4.78, 5) is 14.6. The van der Waals surface area contributed by atoms with E-state index < -0.39 is 0 Å². The molecule has 128 valence electrons. The van der Waals surface area contributed by atoms with E-state index >= 15 is 0 Å². The molecule has 0 spiro atoms. The maximum absolute atomic E-state index is 12.2. The molecule has 1 aromatic heterocycles. The summed E-state index contributed by atoms with van der Waals surface area (Å²) in [5.74, 6) is 0.593. The highest BCUT2D eigenvalue weighted by atomic mass is 32.1. The van der Waals surface area contributed by atoms with Crippen LogP contribution >= 0.6 is 11.3 Å². The van der Waals surface area contributed by atoms with E-state index in [4.69, 9.17) is 0 Å². The first-order chi connectivity index (χ1) is 11.6. The van der Waals surface area contributed by atoms with Crippen LogP contribution in [0.5, 0.6) is 0 Å². The van der Waals surface area contributed by atoms with Gasteiger partial charge in [-0.05, 0) is 37.8 Å². The van der Waals surface area contributed by atoms with Gasteiger partial charge in [0, 0.05) is 13.1 Å². The van der Waals surface area contributed by atoms with Crippen molar-refractivity contribution < 1.29 is 4.79 Å². The number of carbonyl (C=O) groups excluding carboxylic acids is 1.